The topological polar surface area (TPSA) is 0 Å². The summed E-state index contributed by atoms with van der Waals surface area (Å²) in [6.07, 6.45) is 0. The summed E-state index contributed by atoms with van der Waals surface area (Å²) in [5.41, 5.74) is 0. The van der Waals surface area contributed by atoms with Gasteiger partial charge in [-0.3, -0.25) is 0 Å². The van der Waals surface area contributed by atoms with E-state index in [1.165, 1.54) is 0 Å². The predicted octanol–water partition coefficient (Wildman–Crippen LogP) is 1.40. The highest BCUT2D eigenvalue weighted by molar-refractivity contribution is 7.80. The van der Waals surface area contributed by atoms with Crippen molar-refractivity contribution in [3.05, 3.63) is 0 Å². The van der Waals surface area contributed by atoms with E-state index in [0.717, 1.165) is 4.86 Å². The van der Waals surface area contributed by atoms with Crippen molar-refractivity contribution in [2.45, 2.75) is 13.8 Å². The van der Waals surface area contributed by atoms with Gasteiger partial charge in [-0.15, -0.1) is 0 Å². The zero-order valence-corrected chi connectivity index (χ0v) is 3.72. The quantitative estimate of drug-likeness (QED) is 0.391. The molecular formula is C3H6S. The zero-order valence-electron chi connectivity index (χ0n) is 2.91. The van der Waals surface area contributed by atoms with E-state index in [2.05, 4.69) is 12.2 Å². The molecule has 24 valence electrons. The molecule has 0 aromatic rings. The van der Waals surface area contributed by atoms with Crippen molar-refractivity contribution in [3.63, 3.8) is 0 Å². The number of hydrogen-bond donors (Lipinski definition) is 0. The van der Waals surface area contributed by atoms with Crippen LogP contribution in [0.3, 0.4) is 0 Å². The van der Waals surface area contributed by atoms with Crippen LogP contribution in [0.15, 0.2) is 0 Å². The molecule has 0 atom stereocenters. The average molecular weight is 74.1 g/mol. The Hall–Kier alpha value is 0.0900. The smallest absolute Gasteiger partial charge is 0.0133 e. The summed E-state index contributed by atoms with van der Waals surface area (Å²) in [4.78, 5) is 1.00. The Kier molecular flexibility index (Phi) is 1.45. The molecule has 0 nitrogen and oxygen atoms in total. The average Bonchev–Trinajstić information content (AvgIpc) is 0.811. The van der Waals surface area contributed by atoms with Crippen LogP contribution in [-0.2, 0) is 0 Å². The molecule has 0 aromatic carbocycles. The van der Waals surface area contributed by atoms with E-state index >= 15 is 0 Å². The first kappa shape index (κ1) is 4.09. The van der Waals surface area contributed by atoms with Crippen LogP contribution >= 0.6 is 12.2 Å². The van der Waals surface area contributed by atoms with Crippen LogP contribution in [-0.4, -0.2) is 4.86 Å². The van der Waals surface area contributed by atoms with Gasteiger partial charge in [0.1, 0.15) is 0 Å². The third-order valence-electron chi connectivity index (χ3n) is 0. The van der Waals surface area contributed by atoms with Crippen LogP contribution in [0.1, 0.15) is 13.8 Å². The predicted molar refractivity (Wildman–Crippen MR) is 23.9 cm³/mol. The highest BCUT2D eigenvalue weighted by atomic mass is 32.1. The summed E-state index contributed by atoms with van der Waals surface area (Å²) in [6, 6.07) is 0. The maximum Gasteiger partial charge on any atom is -0.0133 e. The summed E-state index contributed by atoms with van der Waals surface area (Å²) in [6.45, 7) is 3.80. The molecular weight excluding hydrogens is 68.1 g/mol. The Balaban J connectivity index is 2.80. The second kappa shape index (κ2) is 1.41. The fourth-order valence-electron chi connectivity index (χ4n) is 0. The number of rotatable bonds is 0. The van der Waals surface area contributed by atoms with Crippen molar-refractivity contribution in [3.8, 4) is 0 Å². The zero-order chi connectivity index (χ0) is 3.58. The molecule has 0 rings (SSSR count). The maximum absolute atomic E-state index is 4.54. The molecule has 0 aliphatic carbocycles. The minimum absolute atomic E-state index is 1.00. The molecule has 0 heterocycles. The van der Waals surface area contributed by atoms with Crippen LogP contribution < -0.4 is 0 Å². The first-order chi connectivity index (χ1) is 1.73. The van der Waals surface area contributed by atoms with E-state index in [1.54, 1.807) is 0 Å². The maximum atomic E-state index is 4.54. The van der Waals surface area contributed by atoms with E-state index in [4.69, 9.17) is 0 Å². The highest BCUT2D eigenvalue weighted by Crippen LogP contribution is 1.61. The molecule has 0 amide bonds. The summed E-state index contributed by atoms with van der Waals surface area (Å²) >= 11 is 4.54. The van der Waals surface area contributed by atoms with Gasteiger partial charge in [0.25, 0.3) is 0 Å². The molecule has 0 fully saturated rings. The van der Waals surface area contributed by atoms with Crippen LogP contribution in [0, 0.1) is 0 Å². The van der Waals surface area contributed by atoms with Crippen LogP contribution in [0.5, 0.6) is 0 Å². The van der Waals surface area contributed by atoms with Gasteiger partial charge < -0.3 is 0 Å². The number of thiocarbonyl (C=S) groups is 1. The van der Waals surface area contributed by atoms with Gasteiger partial charge in [0, 0.05) is 0 Å². The van der Waals surface area contributed by atoms with Crippen molar-refractivity contribution < 1.29 is 0 Å². The van der Waals surface area contributed by atoms with Gasteiger partial charge in [-0.25, -0.2) is 0 Å². The summed E-state index contributed by atoms with van der Waals surface area (Å²) in [5, 5.41) is 0. The molecule has 1 heteroatoms. The van der Waals surface area contributed by atoms with Crippen molar-refractivity contribution in [2.24, 2.45) is 0 Å². The van der Waals surface area contributed by atoms with E-state index in [-0.39, 0.29) is 0 Å². The number of hydrogen-bond acceptors (Lipinski definition) is 1. The summed E-state index contributed by atoms with van der Waals surface area (Å²) < 4.78 is 0. The monoisotopic (exact) mass is 74.0 g/mol. The minimum Gasteiger partial charge on any atom is -0.0903 e. The lowest BCUT2D eigenvalue weighted by Crippen LogP contribution is -1.63. The lowest BCUT2D eigenvalue weighted by molar-refractivity contribution is 1.85. The minimum atomic E-state index is 1.00. The van der Waals surface area contributed by atoms with E-state index in [0.29, 0.717) is 0 Å². The largest absolute Gasteiger partial charge is 0.0903 e. The van der Waals surface area contributed by atoms with Gasteiger partial charge in [-0.2, -0.15) is 0 Å². The van der Waals surface area contributed by atoms with Crippen LogP contribution in [0.2, 0.25) is 0 Å². The van der Waals surface area contributed by atoms with Crippen molar-refractivity contribution >= 4 is 17.1 Å². The van der Waals surface area contributed by atoms with Crippen molar-refractivity contribution in [1.82, 2.24) is 0 Å². The van der Waals surface area contributed by atoms with Crippen molar-refractivity contribution in [2.75, 3.05) is 0 Å². The van der Waals surface area contributed by atoms with Crippen LogP contribution in [0.25, 0.3) is 0 Å². The highest BCUT2D eigenvalue weighted by Gasteiger charge is 1.55. The van der Waals surface area contributed by atoms with Gasteiger partial charge in [-0.1, -0.05) is 12.2 Å². The fraction of sp³-hybridized carbons (Fsp3) is 0.667. The summed E-state index contributed by atoms with van der Waals surface area (Å²) in [7, 11) is 0. The molecule has 0 radical (unpaired) electrons. The molecule has 4 heavy (non-hydrogen) atoms. The van der Waals surface area contributed by atoms with Crippen LogP contribution in [0.4, 0.5) is 0 Å². The van der Waals surface area contributed by atoms with Gasteiger partial charge in [-0.05, 0) is 18.7 Å². The first-order valence-corrected chi connectivity index (χ1v) is 1.61. The summed E-state index contributed by atoms with van der Waals surface area (Å²) in [5.74, 6) is 0. The van der Waals surface area contributed by atoms with Gasteiger partial charge in [0.05, 0.1) is 0 Å². The fourth-order valence-corrected chi connectivity index (χ4v) is 0. The molecule has 0 N–H and O–H groups in total. The SMILES string of the molecule is CC(C)=S. The third-order valence-corrected chi connectivity index (χ3v) is 0. The standard InChI is InChI=1S/C3H6S/c1-3(2)4/h1-2H3. The van der Waals surface area contributed by atoms with E-state index < -0.39 is 0 Å². The Morgan fingerprint density at radius 3 is 1.50 bits per heavy atom. The van der Waals surface area contributed by atoms with Gasteiger partial charge >= 0.3 is 0 Å². The van der Waals surface area contributed by atoms with E-state index in [9.17, 15) is 0 Å². The molecule has 0 unspecified atom stereocenters. The lowest BCUT2D eigenvalue weighted by Gasteiger charge is -1.61. The van der Waals surface area contributed by atoms with E-state index in [1.807, 2.05) is 13.8 Å². The van der Waals surface area contributed by atoms with Gasteiger partial charge in [0.2, 0.25) is 0 Å². The second-order valence-corrected chi connectivity index (χ2v) is 1.72. The lowest BCUT2D eigenvalue weighted by atomic mass is 10.6. The third kappa shape index (κ3) is 307. The molecule has 0 aliphatic rings. The molecule has 0 bridgehead atoms. The first-order valence-electron chi connectivity index (χ1n) is 1.20. The Morgan fingerprint density at radius 2 is 1.50 bits per heavy atom. The molecule has 0 aromatic heterocycles. The Labute approximate surface area is 31.8 Å². The normalized spacial score (nSPS) is 6.50. The Morgan fingerprint density at radius 1 is 1.50 bits per heavy atom. The Bertz CT molecular complexity index is 26.3. The molecule has 0 aliphatic heterocycles. The molecule has 0 saturated carbocycles. The van der Waals surface area contributed by atoms with Crippen molar-refractivity contribution in [1.29, 1.82) is 0 Å². The molecule has 0 spiro atoms. The van der Waals surface area contributed by atoms with Gasteiger partial charge in [0.15, 0.2) is 0 Å². The molecule has 0 saturated heterocycles. The second-order valence-electron chi connectivity index (χ2n) is 0.908.